The van der Waals surface area contributed by atoms with Gasteiger partial charge in [-0.25, -0.2) is 0 Å². The maximum Gasteiger partial charge on any atom is 0.236 e. The number of rotatable bonds is 8. The predicted molar refractivity (Wildman–Crippen MR) is 56.9 cm³/mol. The Hall–Kier alpha value is -1.13. The third-order valence-electron chi connectivity index (χ3n) is 1.64. The lowest BCUT2D eigenvalue weighted by Gasteiger charge is -2.19. The summed E-state index contributed by atoms with van der Waals surface area (Å²) in [6.45, 7) is 8.74. The van der Waals surface area contributed by atoms with Gasteiger partial charge >= 0.3 is 0 Å². The molecule has 0 aromatic carbocycles. The second kappa shape index (κ2) is 8.47. The van der Waals surface area contributed by atoms with Gasteiger partial charge in [0.15, 0.2) is 0 Å². The lowest BCUT2D eigenvalue weighted by atomic mass is 10.4. The summed E-state index contributed by atoms with van der Waals surface area (Å²) in [5, 5.41) is 11.6. The molecular weight excluding hydrogens is 180 g/mol. The van der Waals surface area contributed by atoms with Crippen molar-refractivity contribution in [2.24, 2.45) is 0 Å². The van der Waals surface area contributed by atoms with Crippen molar-refractivity contribution in [2.75, 3.05) is 32.8 Å². The van der Waals surface area contributed by atoms with E-state index in [4.69, 9.17) is 5.11 Å². The number of aliphatic hydroxyl groups excluding tert-OH is 1. The molecule has 0 heterocycles. The topological polar surface area (TPSA) is 52.6 Å². The molecule has 4 heteroatoms. The summed E-state index contributed by atoms with van der Waals surface area (Å²) >= 11 is 0. The van der Waals surface area contributed by atoms with Gasteiger partial charge in [0.25, 0.3) is 0 Å². The first-order chi connectivity index (χ1) is 6.76. The van der Waals surface area contributed by atoms with Gasteiger partial charge < -0.3 is 15.3 Å². The monoisotopic (exact) mass is 198 g/mol. The van der Waals surface area contributed by atoms with Crippen LogP contribution in [0.3, 0.4) is 0 Å². The molecule has 2 N–H and O–H groups in total. The molecule has 0 rings (SSSR count). The Morgan fingerprint density at radius 1 is 1.43 bits per heavy atom. The van der Waals surface area contributed by atoms with Gasteiger partial charge in [-0.05, 0) is 0 Å². The van der Waals surface area contributed by atoms with E-state index < -0.39 is 0 Å². The minimum atomic E-state index is -0.0409. The highest BCUT2D eigenvalue weighted by molar-refractivity contribution is 5.78. The van der Waals surface area contributed by atoms with E-state index in [1.165, 1.54) is 0 Å². The van der Waals surface area contributed by atoms with E-state index in [1.807, 2.05) is 0 Å². The predicted octanol–water partition coefficient (Wildman–Crippen LogP) is -0.231. The largest absolute Gasteiger partial charge is 0.395 e. The fraction of sp³-hybridized carbons (Fsp3) is 0.500. The molecule has 0 atom stereocenters. The number of hydrogen-bond acceptors (Lipinski definition) is 3. The number of hydrogen-bond donors (Lipinski definition) is 2. The Bertz CT molecular complexity index is 193. The second-order valence-corrected chi connectivity index (χ2v) is 2.77. The van der Waals surface area contributed by atoms with Crippen LogP contribution in [0.1, 0.15) is 0 Å². The van der Waals surface area contributed by atoms with Gasteiger partial charge in [0, 0.05) is 19.6 Å². The minimum Gasteiger partial charge on any atom is -0.395 e. The van der Waals surface area contributed by atoms with Gasteiger partial charge in [0.1, 0.15) is 0 Å². The number of carbonyl (C=O) groups excluding carboxylic acids is 1. The fourth-order valence-electron chi connectivity index (χ4n) is 0.987. The zero-order chi connectivity index (χ0) is 10.8. The van der Waals surface area contributed by atoms with E-state index in [2.05, 4.69) is 18.5 Å². The van der Waals surface area contributed by atoms with Crippen molar-refractivity contribution in [3.05, 3.63) is 25.3 Å². The minimum absolute atomic E-state index is 0.0267. The number of carbonyl (C=O) groups is 1. The molecule has 0 bridgehead atoms. The molecule has 4 nitrogen and oxygen atoms in total. The average Bonchev–Trinajstić information content (AvgIpc) is 2.18. The van der Waals surface area contributed by atoms with Crippen molar-refractivity contribution in [2.45, 2.75) is 0 Å². The second-order valence-electron chi connectivity index (χ2n) is 2.77. The van der Waals surface area contributed by atoms with E-state index in [-0.39, 0.29) is 19.1 Å². The highest BCUT2D eigenvalue weighted by Crippen LogP contribution is 1.89. The molecule has 0 spiro atoms. The van der Waals surface area contributed by atoms with Crippen LogP contribution in [0.15, 0.2) is 25.3 Å². The van der Waals surface area contributed by atoms with Crippen molar-refractivity contribution < 1.29 is 9.90 Å². The van der Waals surface area contributed by atoms with Gasteiger partial charge in [-0.3, -0.25) is 4.79 Å². The first-order valence-electron chi connectivity index (χ1n) is 4.57. The molecule has 0 radical (unpaired) electrons. The smallest absolute Gasteiger partial charge is 0.236 e. The van der Waals surface area contributed by atoms with Crippen LogP contribution in [-0.2, 0) is 4.79 Å². The summed E-state index contributed by atoms with van der Waals surface area (Å²) in [6.07, 6.45) is 3.33. The van der Waals surface area contributed by atoms with E-state index in [1.54, 1.807) is 17.1 Å². The Labute approximate surface area is 84.9 Å². The molecule has 0 aliphatic heterocycles. The van der Waals surface area contributed by atoms with E-state index in [9.17, 15) is 4.79 Å². The van der Waals surface area contributed by atoms with Gasteiger partial charge in [0.2, 0.25) is 5.91 Å². The Morgan fingerprint density at radius 2 is 2.14 bits per heavy atom. The highest BCUT2D eigenvalue weighted by Gasteiger charge is 2.09. The molecule has 0 fully saturated rings. The van der Waals surface area contributed by atoms with E-state index >= 15 is 0 Å². The Kier molecular flexibility index (Phi) is 7.78. The fourth-order valence-corrected chi connectivity index (χ4v) is 0.987. The maximum absolute atomic E-state index is 11.5. The van der Waals surface area contributed by atoms with E-state index in [0.717, 1.165) is 0 Å². The van der Waals surface area contributed by atoms with Crippen molar-refractivity contribution in [3.8, 4) is 0 Å². The van der Waals surface area contributed by atoms with Gasteiger partial charge in [-0.1, -0.05) is 12.2 Å². The maximum atomic E-state index is 11.5. The van der Waals surface area contributed by atoms with Crippen LogP contribution in [0.4, 0.5) is 0 Å². The normalized spacial score (nSPS) is 9.50. The van der Waals surface area contributed by atoms with E-state index in [0.29, 0.717) is 19.6 Å². The Balaban J connectivity index is 3.87. The molecule has 14 heavy (non-hydrogen) atoms. The van der Waals surface area contributed by atoms with Crippen molar-refractivity contribution in [1.82, 2.24) is 10.2 Å². The van der Waals surface area contributed by atoms with Gasteiger partial charge in [0.05, 0.1) is 13.2 Å². The summed E-state index contributed by atoms with van der Waals surface area (Å²) in [5.41, 5.74) is 0. The lowest BCUT2D eigenvalue weighted by Crippen LogP contribution is -2.39. The molecule has 0 aromatic rings. The van der Waals surface area contributed by atoms with Crippen molar-refractivity contribution >= 4 is 5.91 Å². The van der Waals surface area contributed by atoms with Gasteiger partial charge in [-0.15, -0.1) is 13.2 Å². The molecule has 0 aromatic heterocycles. The third-order valence-corrected chi connectivity index (χ3v) is 1.64. The molecule has 80 valence electrons. The average molecular weight is 198 g/mol. The summed E-state index contributed by atoms with van der Waals surface area (Å²) in [4.78, 5) is 13.0. The SMILES string of the molecule is C=CCNCC(=O)N(CC=C)CCO. The quantitative estimate of drug-likeness (QED) is 0.418. The van der Waals surface area contributed by atoms with Crippen LogP contribution in [0, 0.1) is 0 Å². The van der Waals surface area contributed by atoms with Crippen LogP contribution in [0.2, 0.25) is 0 Å². The molecule has 0 aliphatic carbocycles. The number of aliphatic hydroxyl groups is 1. The van der Waals surface area contributed by atoms with Crippen LogP contribution in [0.25, 0.3) is 0 Å². The standard InChI is InChI=1S/C10H18N2O2/c1-3-5-11-9-10(14)12(6-4-2)7-8-13/h3-4,11,13H,1-2,5-9H2. The highest BCUT2D eigenvalue weighted by atomic mass is 16.3. The Morgan fingerprint density at radius 3 is 2.64 bits per heavy atom. The van der Waals surface area contributed by atoms with Crippen LogP contribution < -0.4 is 5.32 Å². The lowest BCUT2D eigenvalue weighted by molar-refractivity contribution is -0.130. The van der Waals surface area contributed by atoms with Crippen LogP contribution in [-0.4, -0.2) is 48.7 Å². The summed E-state index contributed by atoms with van der Waals surface area (Å²) in [6, 6.07) is 0. The third kappa shape index (κ3) is 5.50. The van der Waals surface area contributed by atoms with Crippen LogP contribution >= 0.6 is 0 Å². The first kappa shape index (κ1) is 12.9. The van der Waals surface area contributed by atoms with Gasteiger partial charge in [-0.2, -0.15) is 0 Å². The molecule has 0 saturated carbocycles. The van der Waals surface area contributed by atoms with Crippen molar-refractivity contribution in [1.29, 1.82) is 0 Å². The molecule has 0 saturated heterocycles. The summed E-state index contributed by atoms with van der Waals surface area (Å²) < 4.78 is 0. The molecule has 0 aliphatic rings. The molecular formula is C10H18N2O2. The number of amides is 1. The zero-order valence-electron chi connectivity index (χ0n) is 8.41. The number of nitrogens with one attached hydrogen (secondary N) is 1. The molecule has 1 amide bonds. The first-order valence-corrected chi connectivity index (χ1v) is 4.57. The van der Waals surface area contributed by atoms with Crippen molar-refractivity contribution in [3.63, 3.8) is 0 Å². The number of nitrogens with zero attached hydrogens (tertiary/aromatic N) is 1. The summed E-state index contributed by atoms with van der Waals surface area (Å²) in [5.74, 6) is -0.0409. The van der Waals surface area contributed by atoms with Crippen LogP contribution in [0.5, 0.6) is 0 Å². The summed E-state index contributed by atoms with van der Waals surface area (Å²) in [7, 11) is 0. The zero-order valence-corrected chi connectivity index (χ0v) is 8.41. The molecule has 0 unspecified atom stereocenters.